The molecule has 1 aromatic carbocycles. The molecule has 0 spiro atoms. The van der Waals surface area contributed by atoms with E-state index < -0.39 is 6.04 Å². The van der Waals surface area contributed by atoms with Crippen molar-refractivity contribution in [3.05, 3.63) is 34.3 Å². The molecule has 1 atom stereocenters. The summed E-state index contributed by atoms with van der Waals surface area (Å²) in [5, 5.41) is 0.594. The van der Waals surface area contributed by atoms with Gasteiger partial charge in [-0.2, -0.15) is 0 Å². The molecule has 88 valence electrons. The number of hydrogen-bond donors (Lipinski definition) is 1. The number of nitrogens with two attached hydrogens (primary N) is 1. The first-order valence-corrected chi connectivity index (χ1v) is 5.60. The summed E-state index contributed by atoms with van der Waals surface area (Å²) < 4.78 is 4.85. The number of benzene rings is 1. The van der Waals surface area contributed by atoms with E-state index in [2.05, 4.69) is 0 Å². The third-order valence-electron chi connectivity index (χ3n) is 2.33. The second-order valence-corrected chi connectivity index (χ2v) is 3.99. The smallest absolute Gasteiger partial charge is 0.307 e. The van der Waals surface area contributed by atoms with E-state index in [1.54, 1.807) is 13.0 Å². The van der Waals surface area contributed by atoms with Crippen LogP contribution in [0.4, 0.5) is 0 Å². The first kappa shape index (κ1) is 13.0. The van der Waals surface area contributed by atoms with Gasteiger partial charge in [0.25, 0.3) is 0 Å². The summed E-state index contributed by atoms with van der Waals surface area (Å²) in [6, 6.07) is 5.15. The molecule has 0 amide bonds. The van der Waals surface area contributed by atoms with Gasteiger partial charge in [-0.05, 0) is 31.0 Å². The minimum atomic E-state index is -0.409. The Bertz CT molecular complexity index is 359. The number of esters is 1. The SMILES string of the molecule is CCOC(=O)C[C@H](N)c1c(C)cccc1Cl. The molecular weight excluding hydrogens is 226 g/mol. The predicted molar refractivity (Wildman–Crippen MR) is 64.4 cm³/mol. The van der Waals surface area contributed by atoms with Crippen molar-refractivity contribution in [2.24, 2.45) is 5.73 Å². The Kier molecular flexibility index (Phi) is 4.77. The quantitative estimate of drug-likeness (QED) is 0.825. The zero-order valence-corrected chi connectivity index (χ0v) is 10.3. The van der Waals surface area contributed by atoms with Crippen LogP contribution < -0.4 is 5.73 Å². The zero-order chi connectivity index (χ0) is 12.1. The number of rotatable bonds is 4. The van der Waals surface area contributed by atoms with E-state index >= 15 is 0 Å². The van der Waals surface area contributed by atoms with Crippen LogP contribution >= 0.6 is 11.6 Å². The molecule has 0 aliphatic rings. The molecule has 0 heterocycles. The van der Waals surface area contributed by atoms with E-state index in [9.17, 15) is 4.79 Å². The fourth-order valence-corrected chi connectivity index (χ4v) is 1.98. The van der Waals surface area contributed by atoms with Gasteiger partial charge in [0, 0.05) is 11.1 Å². The fourth-order valence-electron chi connectivity index (χ4n) is 1.62. The average Bonchev–Trinajstić information content (AvgIpc) is 2.17. The highest BCUT2D eigenvalue weighted by Crippen LogP contribution is 2.26. The van der Waals surface area contributed by atoms with Crippen molar-refractivity contribution in [2.75, 3.05) is 6.61 Å². The van der Waals surface area contributed by atoms with Crippen LogP contribution in [-0.4, -0.2) is 12.6 Å². The fraction of sp³-hybridized carbons (Fsp3) is 0.417. The summed E-state index contributed by atoms with van der Waals surface area (Å²) in [7, 11) is 0. The molecule has 3 nitrogen and oxygen atoms in total. The van der Waals surface area contributed by atoms with Crippen LogP contribution in [0.1, 0.15) is 30.5 Å². The molecule has 0 aliphatic carbocycles. The predicted octanol–water partition coefficient (Wildman–Crippen LogP) is 2.60. The molecular formula is C12H16ClNO2. The van der Waals surface area contributed by atoms with Crippen molar-refractivity contribution in [1.82, 2.24) is 0 Å². The van der Waals surface area contributed by atoms with Gasteiger partial charge in [-0.1, -0.05) is 23.7 Å². The first-order chi connectivity index (χ1) is 7.56. The van der Waals surface area contributed by atoms with Crippen LogP contribution in [0, 0.1) is 6.92 Å². The first-order valence-electron chi connectivity index (χ1n) is 5.22. The highest BCUT2D eigenvalue weighted by Gasteiger charge is 2.16. The molecule has 0 bridgehead atoms. The molecule has 16 heavy (non-hydrogen) atoms. The number of carbonyl (C=O) groups is 1. The zero-order valence-electron chi connectivity index (χ0n) is 9.50. The second kappa shape index (κ2) is 5.87. The summed E-state index contributed by atoms with van der Waals surface area (Å²) in [6.07, 6.45) is 0.151. The molecule has 0 fully saturated rings. The Morgan fingerprint density at radius 1 is 1.56 bits per heavy atom. The van der Waals surface area contributed by atoms with Crippen molar-refractivity contribution in [3.8, 4) is 0 Å². The van der Waals surface area contributed by atoms with Crippen LogP contribution in [0.2, 0.25) is 5.02 Å². The molecule has 0 aliphatic heterocycles. The third kappa shape index (κ3) is 3.22. The minimum Gasteiger partial charge on any atom is -0.466 e. The number of ether oxygens (including phenoxy) is 1. The second-order valence-electron chi connectivity index (χ2n) is 3.59. The Morgan fingerprint density at radius 3 is 2.81 bits per heavy atom. The lowest BCUT2D eigenvalue weighted by atomic mass is 9.99. The monoisotopic (exact) mass is 241 g/mol. The van der Waals surface area contributed by atoms with E-state index in [-0.39, 0.29) is 12.4 Å². The highest BCUT2D eigenvalue weighted by atomic mass is 35.5. The van der Waals surface area contributed by atoms with Gasteiger partial charge in [0.1, 0.15) is 0 Å². The molecule has 1 rings (SSSR count). The lowest BCUT2D eigenvalue weighted by Gasteiger charge is -2.15. The van der Waals surface area contributed by atoms with E-state index in [4.69, 9.17) is 22.1 Å². The van der Waals surface area contributed by atoms with Gasteiger partial charge in [-0.3, -0.25) is 4.79 Å². The third-order valence-corrected chi connectivity index (χ3v) is 2.66. The van der Waals surface area contributed by atoms with Gasteiger partial charge in [0.15, 0.2) is 0 Å². The van der Waals surface area contributed by atoms with Crippen LogP contribution in [0.25, 0.3) is 0 Å². The molecule has 0 unspecified atom stereocenters. The van der Waals surface area contributed by atoms with Crippen LogP contribution in [0.5, 0.6) is 0 Å². The summed E-state index contributed by atoms with van der Waals surface area (Å²) in [5.41, 5.74) is 7.75. The molecule has 2 N–H and O–H groups in total. The van der Waals surface area contributed by atoms with Gasteiger partial charge in [-0.15, -0.1) is 0 Å². The summed E-state index contributed by atoms with van der Waals surface area (Å²) in [5.74, 6) is -0.297. The van der Waals surface area contributed by atoms with Crippen LogP contribution in [0.3, 0.4) is 0 Å². The van der Waals surface area contributed by atoms with E-state index in [0.29, 0.717) is 11.6 Å². The standard InChI is InChI=1S/C12H16ClNO2/c1-3-16-11(15)7-10(14)12-8(2)5-4-6-9(12)13/h4-6,10H,3,7,14H2,1-2H3/t10-/m0/s1. The van der Waals surface area contributed by atoms with Gasteiger partial charge in [0.2, 0.25) is 0 Å². The molecule has 0 aromatic heterocycles. The number of aryl methyl sites for hydroxylation is 1. The number of carbonyl (C=O) groups excluding carboxylic acids is 1. The van der Waals surface area contributed by atoms with E-state index in [1.807, 2.05) is 19.1 Å². The normalized spacial score (nSPS) is 12.2. The van der Waals surface area contributed by atoms with Crippen molar-refractivity contribution < 1.29 is 9.53 Å². The summed E-state index contributed by atoms with van der Waals surface area (Å²) in [6.45, 7) is 4.06. The maximum Gasteiger partial charge on any atom is 0.307 e. The van der Waals surface area contributed by atoms with Gasteiger partial charge in [0.05, 0.1) is 13.0 Å². The van der Waals surface area contributed by atoms with Crippen molar-refractivity contribution >= 4 is 17.6 Å². The maximum absolute atomic E-state index is 11.3. The van der Waals surface area contributed by atoms with Crippen molar-refractivity contribution in [1.29, 1.82) is 0 Å². The number of halogens is 1. The maximum atomic E-state index is 11.3. The topological polar surface area (TPSA) is 52.3 Å². The van der Waals surface area contributed by atoms with Crippen molar-refractivity contribution in [3.63, 3.8) is 0 Å². The minimum absolute atomic E-state index is 0.151. The van der Waals surface area contributed by atoms with Gasteiger partial charge >= 0.3 is 5.97 Å². The van der Waals surface area contributed by atoms with Gasteiger partial charge < -0.3 is 10.5 Å². The Labute approximate surface area is 101 Å². The van der Waals surface area contributed by atoms with Gasteiger partial charge in [-0.25, -0.2) is 0 Å². The summed E-state index contributed by atoms with van der Waals surface area (Å²) >= 11 is 6.05. The van der Waals surface area contributed by atoms with E-state index in [0.717, 1.165) is 11.1 Å². The largest absolute Gasteiger partial charge is 0.466 e. The van der Waals surface area contributed by atoms with Crippen LogP contribution in [-0.2, 0) is 9.53 Å². The Balaban J connectivity index is 2.80. The highest BCUT2D eigenvalue weighted by molar-refractivity contribution is 6.31. The van der Waals surface area contributed by atoms with E-state index in [1.165, 1.54) is 0 Å². The summed E-state index contributed by atoms with van der Waals surface area (Å²) in [4.78, 5) is 11.3. The van der Waals surface area contributed by atoms with Crippen LogP contribution in [0.15, 0.2) is 18.2 Å². The number of hydrogen-bond acceptors (Lipinski definition) is 3. The molecule has 1 aromatic rings. The average molecular weight is 242 g/mol. The lowest BCUT2D eigenvalue weighted by molar-refractivity contribution is -0.143. The molecule has 4 heteroatoms. The lowest BCUT2D eigenvalue weighted by Crippen LogP contribution is -2.18. The Hall–Kier alpha value is -1.06. The molecule has 0 saturated heterocycles. The molecule has 0 saturated carbocycles. The van der Waals surface area contributed by atoms with Crippen molar-refractivity contribution in [2.45, 2.75) is 26.3 Å². The Morgan fingerprint density at radius 2 is 2.25 bits per heavy atom. The molecule has 0 radical (unpaired) electrons.